The largest absolute Gasteiger partial charge is 0.469 e. The van der Waals surface area contributed by atoms with E-state index in [1.165, 1.54) is 0 Å². The minimum absolute atomic E-state index is 0.0712. The number of carbonyl (C=O) groups is 1. The van der Waals surface area contributed by atoms with Crippen molar-refractivity contribution in [2.24, 2.45) is 7.05 Å². The van der Waals surface area contributed by atoms with Crippen molar-refractivity contribution in [3.63, 3.8) is 0 Å². The van der Waals surface area contributed by atoms with Crippen LogP contribution in [0.25, 0.3) is 0 Å². The van der Waals surface area contributed by atoms with Gasteiger partial charge in [-0.05, 0) is 25.5 Å². The summed E-state index contributed by atoms with van der Waals surface area (Å²) in [7, 11) is 1.87. The summed E-state index contributed by atoms with van der Waals surface area (Å²) in [6.07, 6.45) is 2.79. The Morgan fingerprint density at radius 2 is 2.29 bits per heavy atom. The molecule has 0 bridgehead atoms. The molecule has 0 amide bonds. The number of nitrogens with zero attached hydrogens (tertiary/aromatic N) is 2. The summed E-state index contributed by atoms with van der Waals surface area (Å²) in [5.41, 5.74) is 2.61. The molecule has 2 aromatic heterocycles. The molecule has 2 heterocycles. The predicted octanol–water partition coefficient (Wildman–Crippen LogP) is 2.31. The Morgan fingerprint density at radius 1 is 1.53 bits per heavy atom. The SMILES string of the molecule is CCc1cc(CC(=O)c2ccoc2C)n(C)n1. The maximum Gasteiger partial charge on any atom is 0.172 e. The fourth-order valence-electron chi connectivity index (χ4n) is 1.84. The third kappa shape index (κ3) is 2.30. The first-order valence-electron chi connectivity index (χ1n) is 5.71. The summed E-state index contributed by atoms with van der Waals surface area (Å²) in [6, 6.07) is 3.70. The van der Waals surface area contributed by atoms with E-state index in [-0.39, 0.29) is 5.78 Å². The summed E-state index contributed by atoms with van der Waals surface area (Å²) in [4.78, 5) is 12.0. The van der Waals surface area contributed by atoms with Crippen LogP contribution in [0.5, 0.6) is 0 Å². The van der Waals surface area contributed by atoms with E-state index in [9.17, 15) is 4.79 Å². The predicted molar refractivity (Wildman–Crippen MR) is 64.1 cm³/mol. The lowest BCUT2D eigenvalue weighted by Gasteiger charge is -2.00. The molecule has 90 valence electrons. The second kappa shape index (κ2) is 4.57. The minimum Gasteiger partial charge on any atom is -0.469 e. The number of Topliss-reactive ketones (excluding diaryl/α,β-unsaturated/α-hetero) is 1. The molecule has 4 heteroatoms. The molecule has 2 aromatic rings. The van der Waals surface area contributed by atoms with Crippen molar-refractivity contribution in [3.8, 4) is 0 Å². The maximum absolute atomic E-state index is 12.0. The maximum atomic E-state index is 12.0. The average Bonchev–Trinajstić information content (AvgIpc) is 2.86. The van der Waals surface area contributed by atoms with Gasteiger partial charge in [0, 0.05) is 12.7 Å². The van der Waals surface area contributed by atoms with Crippen molar-refractivity contribution in [1.82, 2.24) is 9.78 Å². The zero-order valence-electron chi connectivity index (χ0n) is 10.4. The Balaban J connectivity index is 2.18. The Bertz CT molecular complexity index is 537. The van der Waals surface area contributed by atoms with Crippen LogP contribution in [0.2, 0.25) is 0 Å². The first-order valence-corrected chi connectivity index (χ1v) is 5.71. The lowest BCUT2D eigenvalue weighted by Crippen LogP contribution is -2.08. The van der Waals surface area contributed by atoms with Crippen LogP contribution in [0, 0.1) is 6.92 Å². The molecule has 2 rings (SSSR count). The fraction of sp³-hybridized carbons (Fsp3) is 0.385. The van der Waals surface area contributed by atoms with Gasteiger partial charge < -0.3 is 4.42 Å². The molecule has 0 saturated heterocycles. The van der Waals surface area contributed by atoms with Gasteiger partial charge in [-0.1, -0.05) is 6.92 Å². The van der Waals surface area contributed by atoms with E-state index < -0.39 is 0 Å². The van der Waals surface area contributed by atoms with Gasteiger partial charge in [0.15, 0.2) is 5.78 Å². The molecule has 4 nitrogen and oxygen atoms in total. The molecular formula is C13H16N2O2. The zero-order chi connectivity index (χ0) is 12.4. The van der Waals surface area contributed by atoms with E-state index in [1.54, 1.807) is 23.9 Å². The van der Waals surface area contributed by atoms with Gasteiger partial charge in [0.25, 0.3) is 0 Å². The zero-order valence-corrected chi connectivity index (χ0v) is 10.4. The fourth-order valence-corrected chi connectivity index (χ4v) is 1.84. The van der Waals surface area contributed by atoms with Gasteiger partial charge in [-0.25, -0.2) is 0 Å². The number of hydrogen-bond donors (Lipinski definition) is 0. The quantitative estimate of drug-likeness (QED) is 0.760. The molecule has 0 aliphatic heterocycles. The highest BCUT2D eigenvalue weighted by molar-refractivity contribution is 5.98. The molecular weight excluding hydrogens is 216 g/mol. The van der Waals surface area contributed by atoms with Gasteiger partial charge >= 0.3 is 0 Å². The van der Waals surface area contributed by atoms with Crippen LogP contribution in [0.4, 0.5) is 0 Å². The molecule has 17 heavy (non-hydrogen) atoms. The van der Waals surface area contributed by atoms with Crippen LogP contribution >= 0.6 is 0 Å². The Labute approximate surface area is 100 Å². The van der Waals surface area contributed by atoms with Crippen LogP contribution in [-0.4, -0.2) is 15.6 Å². The normalized spacial score (nSPS) is 10.8. The number of rotatable bonds is 4. The lowest BCUT2D eigenvalue weighted by molar-refractivity contribution is 0.0989. The topological polar surface area (TPSA) is 48.0 Å². The van der Waals surface area contributed by atoms with E-state index in [2.05, 4.69) is 5.10 Å². The molecule has 0 aromatic carbocycles. The van der Waals surface area contributed by atoms with Crippen LogP contribution in [-0.2, 0) is 19.9 Å². The van der Waals surface area contributed by atoms with E-state index in [0.29, 0.717) is 17.7 Å². The highest BCUT2D eigenvalue weighted by Crippen LogP contribution is 2.13. The number of aromatic nitrogens is 2. The summed E-state index contributed by atoms with van der Waals surface area (Å²) in [5, 5.41) is 4.33. The molecule has 0 aliphatic rings. The molecule has 0 fully saturated rings. The molecule has 0 unspecified atom stereocenters. The first-order chi connectivity index (χ1) is 8.11. The third-order valence-electron chi connectivity index (χ3n) is 2.89. The Kier molecular flexibility index (Phi) is 3.13. The first kappa shape index (κ1) is 11.6. The Hall–Kier alpha value is -1.84. The molecule has 0 radical (unpaired) electrons. The van der Waals surface area contributed by atoms with Gasteiger partial charge in [0.05, 0.1) is 23.9 Å². The van der Waals surface area contributed by atoms with Crippen molar-refractivity contribution in [3.05, 3.63) is 41.1 Å². The third-order valence-corrected chi connectivity index (χ3v) is 2.89. The smallest absolute Gasteiger partial charge is 0.172 e. The van der Waals surface area contributed by atoms with Gasteiger partial charge in [-0.3, -0.25) is 9.48 Å². The van der Waals surface area contributed by atoms with Crippen LogP contribution < -0.4 is 0 Å². The lowest BCUT2D eigenvalue weighted by atomic mass is 10.1. The minimum atomic E-state index is 0.0712. The number of hydrogen-bond acceptors (Lipinski definition) is 3. The summed E-state index contributed by atoms with van der Waals surface area (Å²) < 4.78 is 6.91. The second-order valence-electron chi connectivity index (χ2n) is 4.09. The van der Waals surface area contributed by atoms with Crippen LogP contribution in [0.1, 0.15) is 34.4 Å². The van der Waals surface area contributed by atoms with Crippen molar-refractivity contribution in [2.45, 2.75) is 26.7 Å². The summed E-state index contributed by atoms with van der Waals surface area (Å²) in [5.74, 6) is 0.745. The van der Waals surface area contributed by atoms with E-state index >= 15 is 0 Å². The summed E-state index contributed by atoms with van der Waals surface area (Å²) >= 11 is 0. The van der Waals surface area contributed by atoms with Crippen molar-refractivity contribution in [2.75, 3.05) is 0 Å². The highest BCUT2D eigenvalue weighted by atomic mass is 16.3. The molecule has 0 spiro atoms. The van der Waals surface area contributed by atoms with Crippen molar-refractivity contribution < 1.29 is 9.21 Å². The summed E-state index contributed by atoms with van der Waals surface area (Å²) in [6.45, 7) is 3.85. The standard InChI is InChI=1S/C13H16N2O2/c1-4-10-7-11(15(3)14-10)8-13(16)12-5-6-17-9(12)2/h5-7H,4,8H2,1-3H3. The Morgan fingerprint density at radius 3 is 2.82 bits per heavy atom. The van der Waals surface area contributed by atoms with Crippen molar-refractivity contribution in [1.29, 1.82) is 0 Å². The van der Waals surface area contributed by atoms with E-state index in [1.807, 2.05) is 20.0 Å². The van der Waals surface area contributed by atoms with Gasteiger partial charge in [-0.15, -0.1) is 0 Å². The van der Waals surface area contributed by atoms with E-state index in [0.717, 1.165) is 17.8 Å². The van der Waals surface area contributed by atoms with Gasteiger partial charge in [0.2, 0.25) is 0 Å². The number of aryl methyl sites for hydroxylation is 3. The van der Waals surface area contributed by atoms with Crippen molar-refractivity contribution >= 4 is 5.78 Å². The average molecular weight is 232 g/mol. The molecule has 0 N–H and O–H groups in total. The number of carbonyl (C=O) groups excluding carboxylic acids is 1. The molecule has 0 aliphatic carbocycles. The monoisotopic (exact) mass is 232 g/mol. The van der Waals surface area contributed by atoms with Crippen LogP contribution in [0.15, 0.2) is 22.8 Å². The number of ketones is 1. The van der Waals surface area contributed by atoms with Gasteiger partial charge in [-0.2, -0.15) is 5.10 Å². The number of furan rings is 1. The second-order valence-corrected chi connectivity index (χ2v) is 4.09. The molecule has 0 saturated carbocycles. The van der Waals surface area contributed by atoms with Crippen LogP contribution in [0.3, 0.4) is 0 Å². The highest BCUT2D eigenvalue weighted by Gasteiger charge is 2.14. The van der Waals surface area contributed by atoms with Gasteiger partial charge in [0.1, 0.15) is 5.76 Å². The molecule has 0 atom stereocenters. The van der Waals surface area contributed by atoms with E-state index in [4.69, 9.17) is 4.42 Å².